The number of carbonyl (C=O) groups excluding carboxylic acids is 1. The van der Waals surface area contributed by atoms with Gasteiger partial charge in [0.25, 0.3) is 0 Å². The molecule has 3 heteroatoms. The highest BCUT2D eigenvalue weighted by molar-refractivity contribution is 5.81. The molecule has 0 aliphatic carbocycles. The zero-order valence-corrected chi connectivity index (χ0v) is 6.71. The van der Waals surface area contributed by atoms with E-state index in [1.165, 1.54) is 6.08 Å². The van der Waals surface area contributed by atoms with Crippen LogP contribution in [0.15, 0.2) is 12.2 Å². The first kappa shape index (κ1) is 10.2. The summed E-state index contributed by atoms with van der Waals surface area (Å²) in [6.07, 6.45) is 2.99. The lowest BCUT2D eigenvalue weighted by Crippen LogP contribution is -2.08. The third-order valence-corrected chi connectivity index (χ3v) is 0.919. The maximum atomic E-state index is 10.6. The van der Waals surface area contributed by atoms with Crippen LogP contribution >= 0.6 is 0 Å². The van der Waals surface area contributed by atoms with Gasteiger partial charge in [-0.2, -0.15) is 0 Å². The summed E-state index contributed by atoms with van der Waals surface area (Å²) in [5.41, 5.74) is 0. The minimum atomic E-state index is -0.333. The van der Waals surface area contributed by atoms with E-state index >= 15 is 0 Å². The maximum Gasteiger partial charge on any atom is 0.330 e. The van der Waals surface area contributed by atoms with E-state index in [-0.39, 0.29) is 5.97 Å². The lowest BCUT2D eigenvalue weighted by Gasteiger charge is -2.00. The summed E-state index contributed by atoms with van der Waals surface area (Å²) in [4.78, 5) is 10.6. The summed E-state index contributed by atoms with van der Waals surface area (Å²) in [6.45, 7) is 6.32. The molecule has 11 heavy (non-hydrogen) atoms. The van der Waals surface area contributed by atoms with E-state index in [0.717, 1.165) is 0 Å². The Morgan fingerprint density at radius 3 is 2.82 bits per heavy atom. The molecule has 0 unspecified atom stereocenters. The van der Waals surface area contributed by atoms with Crippen LogP contribution in [0.1, 0.15) is 6.92 Å². The van der Waals surface area contributed by atoms with Gasteiger partial charge in [0.05, 0.1) is 6.61 Å². The minimum Gasteiger partial charge on any atom is -0.460 e. The lowest BCUT2D eigenvalue weighted by molar-refractivity contribution is -0.139. The fourth-order valence-corrected chi connectivity index (χ4v) is 0.487. The molecule has 0 saturated carbocycles. The van der Waals surface area contributed by atoms with Gasteiger partial charge in [-0.1, -0.05) is 6.08 Å². The SMILES string of the molecule is [CH2]COCCOC(=O)C=CC. The Hall–Kier alpha value is -0.830. The molecule has 0 rings (SSSR count). The average Bonchev–Trinajstić information content (AvgIpc) is 1.99. The van der Waals surface area contributed by atoms with Crippen molar-refractivity contribution in [2.24, 2.45) is 0 Å². The third-order valence-electron chi connectivity index (χ3n) is 0.919. The summed E-state index contributed by atoms with van der Waals surface area (Å²) >= 11 is 0. The first-order valence-electron chi connectivity index (χ1n) is 3.47. The largest absolute Gasteiger partial charge is 0.460 e. The standard InChI is InChI=1S/C8H13O3/c1-3-5-8(9)11-7-6-10-4-2/h3,5H,2,4,6-7H2,1H3. The molecule has 63 valence electrons. The van der Waals surface area contributed by atoms with Crippen molar-refractivity contribution in [3.8, 4) is 0 Å². The van der Waals surface area contributed by atoms with Crippen molar-refractivity contribution in [1.82, 2.24) is 0 Å². The molecule has 1 radical (unpaired) electrons. The van der Waals surface area contributed by atoms with Gasteiger partial charge in [-0.15, -0.1) is 0 Å². The zero-order valence-electron chi connectivity index (χ0n) is 6.71. The number of esters is 1. The van der Waals surface area contributed by atoms with Crippen molar-refractivity contribution < 1.29 is 14.3 Å². The predicted octanol–water partition coefficient (Wildman–Crippen LogP) is 0.956. The first-order chi connectivity index (χ1) is 5.31. The van der Waals surface area contributed by atoms with E-state index < -0.39 is 0 Å². The predicted molar refractivity (Wildman–Crippen MR) is 41.9 cm³/mol. The molecule has 0 saturated heterocycles. The minimum absolute atomic E-state index is 0.290. The lowest BCUT2D eigenvalue weighted by atomic mass is 10.5. The molecule has 3 nitrogen and oxygen atoms in total. The Kier molecular flexibility index (Phi) is 6.73. The van der Waals surface area contributed by atoms with E-state index in [2.05, 4.69) is 6.92 Å². The quantitative estimate of drug-likeness (QED) is 0.338. The van der Waals surface area contributed by atoms with Gasteiger partial charge < -0.3 is 9.47 Å². The van der Waals surface area contributed by atoms with Crippen LogP contribution in [0, 0.1) is 6.92 Å². The van der Waals surface area contributed by atoms with Crippen LogP contribution in [-0.2, 0) is 14.3 Å². The van der Waals surface area contributed by atoms with Gasteiger partial charge in [0.2, 0.25) is 0 Å². The molecule has 0 aliphatic rings. The van der Waals surface area contributed by atoms with Crippen LogP contribution in [0.3, 0.4) is 0 Å². The van der Waals surface area contributed by atoms with Crippen molar-refractivity contribution in [3.05, 3.63) is 19.1 Å². The van der Waals surface area contributed by atoms with E-state index in [1.807, 2.05) is 0 Å². The van der Waals surface area contributed by atoms with Gasteiger partial charge in [-0.05, 0) is 13.8 Å². The van der Waals surface area contributed by atoms with E-state index in [9.17, 15) is 4.79 Å². The Labute approximate surface area is 67.0 Å². The highest BCUT2D eigenvalue weighted by Gasteiger charge is 1.93. The van der Waals surface area contributed by atoms with Gasteiger partial charge in [0.1, 0.15) is 6.61 Å². The smallest absolute Gasteiger partial charge is 0.330 e. The van der Waals surface area contributed by atoms with Gasteiger partial charge in [-0.3, -0.25) is 0 Å². The van der Waals surface area contributed by atoms with Crippen molar-refractivity contribution in [1.29, 1.82) is 0 Å². The van der Waals surface area contributed by atoms with E-state index in [1.54, 1.807) is 13.0 Å². The Morgan fingerprint density at radius 1 is 1.55 bits per heavy atom. The van der Waals surface area contributed by atoms with Crippen molar-refractivity contribution in [2.45, 2.75) is 6.92 Å². The number of ether oxygens (including phenoxy) is 2. The molecule has 0 spiro atoms. The molecule has 0 aromatic rings. The molecule has 0 atom stereocenters. The molecule has 0 aromatic heterocycles. The second-order valence-electron chi connectivity index (χ2n) is 1.78. The van der Waals surface area contributed by atoms with Gasteiger partial charge in [0.15, 0.2) is 0 Å². The number of allylic oxidation sites excluding steroid dienone is 1. The number of hydrogen-bond acceptors (Lipinski definition) is 3. The summed E-state index contributed by atoms with van der Waals surface area (Å²) in [7, 11) is 0. The topological polar surface area (TPSA) is 35.5 Å². The fourth-order valence-electron chi connectivity index (χ4n) is 0.487. The second-order valence-corrected chi connectivity index (χ2v) is 1.78. The van der Waals surface area contributed by atoms with Gasteiger partial charge in [-0.25, -0.2) is 4.79 Å². The maximum absolute atomic E-state index is 10.6. The molecule has 0 N–H and O–H groups in total. The molecular weight excluding hydrogens is 144 g/mol. The van der Waals surface area contributed by atoms with Crippen LogP contribution in [0.2, 0.25) is 0 Å². The molecule has 0 aliphatic heterocycles. The molecule has 0 amide bonds. The van der Waals surface area contributed by atoms with Crippen LogP contribution in [0.25, 0.3) is 0 Å². The van der Waals surface area contributed by atoms with Gasteiger partial charge >= 0.3 is 5.97 Å². The van der Waals surface area contributed by atoms with Crippen molar-refractivity contribution in [3.63, 3.8) is 0 Å². The molecular formula is C8H13O3. The van der Waals surface area contributed by atoms with E-state index in [0.29, 0.717) is 19.8 Å². The highest BCUT2D eigenvalue weighted by Crippen LogP contribution is 1.82. The number of hydrogen-bond donors (Lipinski definition) is 0. The first-order valence-corrected chi connectivity index (χ1v) is 3.47. The number of rotatable bonds is 5. The van der Waals surface area contributed by atoms with Crippen LogP contribution in [0.5, 0.6) is 0 Å². The third kappa shape index (κ3) is 7.06. The summed E-state index contributed by atoms with van der Waals surface area (Å²) < 4.78 is 9.56. The van der Waals surface area contributed by atoms with Gasteiger partial charge in [0, 0.05) is 12.7 Å². The average molecular weight is 157 g/mol. The van der Waals surface area contributed by atoms with Crippen LogP contribution in [0.4, 0.5) is 0 Å². The van der Waals surface area contributed by atoms with Crippen molar-refractivity contribution >= 4 is 5.97 Å². The molecule has 0 heterocycles. The fraction of sp³-hybridized carbons (Fsp3) is 0.500. The molecule has 0 bridgehead atoms. The Bertz CT molecular complexity index is 129. The summed E-state index contributed by atoms with van der Waals surface area (Å²) in [6, 6.07) is 0. The second kappa shape index (κ2) is 7.28. The van der Waals surface area contributed by atoms with Crippen LogP contribution < -0.4 is 0 Å². The van der Waals surface area contributed by atoms with Crippen LogP contribution in [-0.4, -0.2) is 25.8 Å². The zero-order chi connectivity index (χ0) is 8.53. The number of carbonyl (C=O) groups is 1. The summed E-state index contributed by atoms with van der Waals surface area (Å²) in [5, 5.41) is 0. The summed E-state index contributed by atoms with van der Waals surface area (Å²) in [5.74, 6) is -0.333. The monoisotopic (exact) mass is 157 g/mol. The van der Waals surface area contributed by atoms with E-state index in [4.69, 9.17) is 9.47 Å². The molecule has 0 fully saturated rings. The Morgan fingerprint density at radius 2 is 2.27 bits per heavy atom. The Balaban J connectivity index is 3.17. The normalized spacial score (nSPS) is 10.4. The van der Waals surface area contributed by atoms with Crippen molar-refractivity contribution in [2.75, 3.05) is 19.8 Å². The molecule has 0 aromatic carbocycles. The highest BCUT2D eigenvalue weighted by atomic mass is 16.6.